The normalized spacial score (nSPS) is 19.7. The van der Waals surface area contributed by atoms with Crippen molar-refractivity contribution in [1.82, 2.24) is 0 Å². The fraction of sp³-hybridized carbons (Fsp3) is 0.417. The van der Waals surface area contributed by atoms with Crippen LogP contribution in [0.2, 0.25) is 0 Å². The molecule has 0 bridgehead atoms. The third-order valence-corrected chi connectivity index (χ3v) is 4.15. The Labute approximate surface area is 105 Å². The van der Waals surface area contributed by atoms with Crippen molar-refractivity contribution in [3.05, 3.63) is 29.8 Å². The fourth-order valence-electron chi connectivity index (χ4n) is 1.66. The number of benzene rings is 1. The second kappa shape index (κ2) is 5.60. The minimum Gasteiger partial charge on any atom is -0.326 e. The molecule has 1 heterocycles. The van der Waals surface area contributed by atoms with E-state index in [2.05, 4.69) is 5.32 Å². The highest BCUT2D eigenvalue weighted by Crippen LogP contribution is 2.24. The van der Waals surface area contributed by atoms with Crippen molar-refractivity contribution in [2.45, 2.75) is 12.3 Å². The number of anilines is 1. The first kappa shape index (κ1) is 11.8. The average Bonchev–Trinajstić information content (AvgIpc) is 2.83. The Kier molecular flexibility index (Phi) is 4.13. The van der Waals surface area contributed by atoms with Crippen LogP contribution in [0.25, 0.3) is 0 Å². The van der Waals surface area contributed by atoms with Gasteiger partial charge < -0.3 is 5.32 Å². The molecule has 1 atom stereocenters. The van der Waals surface area contributed by atoms with Gasteiger partial charge in [0.15, 0.2) is 0 Å². The largest absolute Gasteiger partial charge is 0.326 e. The van der Waals surface area contributed by atoms with Crippen molar-refractivity contribution in [3.63, 3.8) is 0 Å². The van der Waals surface area contributed by atoms with Gasteiger partial charge in [0.2, 0.25) is 5.91 Å². The number of alkyl halides is 1. The molecule has 0 aliphatic carbocycles. The molecule has 0 radical (unpaired) electrons. The van der Waals surface area contributed by atoms with Gasteiger partial charge in [-0.3, -0.25) is 4.79 Å². The molecule has 0 saturated carbocycles. The molecule has 86 valence electrons. The number of rotatable bonds is 3. The highest BCUT2D eigenvalue weighted by molar-refractivity contribution is 7.99. The molecule has 2 rings (SSSR count). The van der Waals surface area contributed by atoms with Crippen LogP contribution in [-0.2, 0) is 10.7 Å². The van der Waals surface area contributed by atoms with Crippen molar-refractivity contribution >= 4 is 35.0 Å². The van der Waals surface area contributed by atoms with E-state index in [1.165, 1.54) is 0 Å². The summed E-state index contributed by atoms with van der Waals surface area (Å²) in [6.07, 6.45) is 0.996. The Bertz CT molecular complexity index is 360. The fourth-order valence-corrected chi connectivity index (χ4v) is 3.06. The van der Waals surface area contributed by atoms with E-state index in [0.717, 1.165) is 29.2 Å². The molecule has 16 heavy (non-hydrogen) atoms. The zero-order valence-corrected chi connectivity index (χ0v) is 10.5. The third-order valence-electron chi connectivity index (χ3n) is 2.68. The molecule has 1 N–H and O–H groups in total. The van der Waals surface area contributed by atoms with Crippen LogP contribution in [-0.4, -0.2) is 17.4 Å². The molecule has 0 aromatic heterocycles. The van der Waals surface area contributed by atoms with E-state index in [1.807, 2.05) is 36.0 Å². The molecule has 1 aliphatic rings. The van der Waals surface area contributed by atoms with Crippen LogP contribution >= 0.6 is 23.4 Å². The smallest absolute Gasteiger partial charge is 0.228 e. The molecule has 1 saturated heterocycles. The van der Waals surface area contributed by atoms with Gasteiger partial charge in [-0.25, -0.2) is 0 Å². The summed E-state index contributed by atoms with van der Waals surface area (Å²) in [5.41, 5.74) is 1.92. The second-order valence-corrected chi connectivity index (χ2v) is 5.30. The summed E-state index contributed by atoms with van der Waals surface area (Å²) in [7, 11) is 0. The first-order valence-corrected chi connectivity index (χ1v) is 7.02. The van der Waals surface area contributed by atoms with E-state index < -0.39 is 0 Å². The quantitative estimate of drug-likeness (QED) is 0.841. The summed E-state index contributed by atoms with van der Waals surface area (Å²) >= 11 is 7.55. The summed E-state index contributed by atoms with van der Waals surface area (Å²) in [5.74, 6) is 2.88. The number of amides is 1. The van der Waals surface area contributed by atoms with Gasteiger partial charge in [-0.05, 0) is 29.9 Å². The van der Waals surface area contributed by atoms with Gasteiger partial charge in [-0.15, -0.1) is 11.6 Å². The lowest BCUT2D eigenvalue weighted by molar-refractivity contribution is -0.119. The van der Waals surface area contributed by atoms with Crippen LogP contribution in [0, 0.1) is 5.92 Å². The SMILES string of the molecule is O=C(Nc1ccc(CCl)cc1)C1CCSC1. The van der Waals surface area contributed by atoms with Crippen molar-refractivity contribution < 1.29 is 4.79 Å². The highest BCUT2D eigenvalue weighted by Gasteiger charge is 2.22. The van der Waals surface area contributed by atoms with E-state index in [1.54, 1.807) is 0 Å². The molecule has 1 aromatic carbocycles. The maximum Gasteiger partial charge on any atom is 0.228 e. The number of carbonyl (C=O) groups is 1. The summed E-state index contributed by atoms with van der Waals surface area (Å²) in [6, 6.07) is 7.67. The Morgan fingerprint density at radius 1 is 1.44 bits per heavy atom. The van der Waals surface area contributed by atoms with Crippen LogP contribution in [0.1, 0.15) is 12.0 Å². The summed E-state index contributed by atoms with van der Waals surface area (Å²) in [5, 5.41) is 2.94. The third kappa shape index (κ3) is 2.92. The Hall–Kier alpha value is -0.670. The minimum absolute atomic E-state index is 0.142. The Morgan fingerprint density at radius 2 is 2.19 bits per heavy atom. The van der Waals surface area contributed by atoms with Gasteiger partial charge in [-0.2, -0.15) is 11.8 Å². The Balaban J connectivity index is 1.94. The molecule has 0 spiro atoms. The summed E-state index contributed by atoms with van der Waals surface area (Å²) in [4.78, 5) is 11.8. The van der Waals surface area contributed by atoms with E-state index in [-0.39, 0.29) is 11.8 Å². The van der Waals surface area contributed by atoms with Crippen molar-refractivity contribution in [2.75, 3.05) is 16.8 Å². The minimum atomic E-state index is 0.142. The number of hydrogen-bond donors (Lipinski definition) is 1. The standard InChI is InChI=1S/C12H14ClNOS/c13-7-9-1-3-11(4-2-9)14-12(15)10-5-6-16-8-10/h1-4,10H,5-8H2,(H,14,15). The van der Waals surface area contributed by atoms with Crippen LogP contribution in [0.4, 0.5) is 5.69 Å². The number of halogens is 1. The van der Waals surface area contributed by atoms with Gasteiger partial charge in [0.1, 0.15) is 0 Å². The van der Waals surface area contributed by atoms with Gasteiger partial charge in [0.05, 0.1) is 0 Å². The van der Waals surface area contributed by atoms with E-state index >= 15 is 0 Å². The Morgan fingerprint density at radius 3 is 2.75 bits per heavy atom. The predicted molar refractivity (Wildman–Crippen MR) is 70.1 cm³/mol. The molecule has 2 nitrogen and oxygen atoms in total. The topological polar surface area (TPSA) is 29.1 Å². The molecule has 1 fully saturated rings. The zero-order valence-electron chi connectivity index (χ0n) is 8.91. The first-order valence-electron chi connectivity index (χ1n) is 5.33. The van der Waals surface area contributed by atoms with Crippen LogP contribution in [0.15, 0.2) is 24.3 Å². The van der Waals surface area contributed by atoms with Crippen molar-refractivity contribution in [1.29, 1.82) is 0 Å². The van der Waals surface area contributed by atoms with Gasteiger partial charge >= 0.3 is 0 Å². The summed E-state index contributed by atoms with van der Waals surface area (Å²) in [6.45, 7) is 0. The van der Waals surface area contributed by atoms with Gasteiger partial charge in [-0.1, -0.05) is 12.1 Å². The first-order chi connectivity index (χ1) is 7.79. The molecule has 1 amide bonds. The van der Waals surface area contributed by atoms with Crippen LogP contribution in [0.3, 0.4) is 0 Å². The second-order valence-electron chi connectivity index (χ2n) is 3.88. The molecule has 4 heteroatoms. The molecular formula is C12H14ClNOS. The number of nitrogens with one attached hydrogen (secondary N) is 1. The lowest BCUT2D eigenvalue weighted by atomic mass is 10.1. The monoisotopic (exact) mass is 255 g/mol. The van der Waals surface area contributed by atoms with Crippen molar-refractivity contribution in [2.24, 2.45) is 5.92 Å². The summed E-state index contributed by atoms with van der Waals surface area (Å²) < 4.78 is 0. The van der Waals surface area contributed by atoms with Crippen LogP contribution in [0.5, 0.6) is 0 Å². The van der Waals surface area contributed by atoms with Gasteiger partial charge in [0, 0.05) is 23.2 Å². The molecule has 1 unspecified atom stereocenters. The molecular weight excluding hydrogens is 242 g/mol. The average molecular weight is 256 g/mol. The molecule has 1 aliphatic heterocycles. The predicted octanol–water partition coefficient (Wildman–Crippen LogP) is 3.12. The zero-order chi connectivity index (χ0) is 11.4. The van der Waals surface area contributed by atoms with E-state index in [4.69, 9.17) is 11.6 Å². The number of thioether (sulfide) groups is 1. The van der Waals surface area contributed by atoms with E-state index in [0.29, 0.717) is 5.88 Å². The molecule has 1 aromatic rings. The maximum atomic E-state index is 11.8. The highest BCUT2D eigenvalue weighted by atomic mass is 35.5. The lowest BCUT2D eigenvalue weighted by Gasteiger charge is -2.09. The maximum absolute atomic E-state index is 11.8. The van der Waals surface area contributed by atoms with E-state index in [9.17, 15) is 4.79 Å². The lowest BCUT2D eigenvalue weighted by Crippen LogP contribution is -2.22. The van der Waals surface area contributed by atoms with Crippen LogP contribution < -0.4 is 5.32 Å². The van der Waals surface area contributed by atoms with Gasteiger partial charge in [0.25, 0.3) is 0 Å². The van der Waals surface area contributed by atoms with Crippen molar-refractivity contribution in [3.8, 4) is 0 Å². The number of hydrogen-bond acceptors (Lipinski definition) is 2. The number of carbonyl (C=O) groups excluding carboxylic acids is 1.